The van der Waals surface area contributed by atoms with Gasteiger partial charge in [-0.15, -0.1) is 0 Å². The van der Waals surface area contributed by atoms with Gasteiger partial charge in [-0.1, -0.05) is 6.92 Å². The van der Waals surface area contributed by atoms with Gasteiger partial charge in [0, 0.05) is 0 Å². The molecule has 102 valence electrons. The zero-order valence-electron chi connectivity index (χ0n) is 10.1. The van der Waals surface area contributed by atoms with E-state index in [2.05, 4.69) is 15.5 Å². The lowest BCUT2D eigenvalue weighted by atomic mass is 10.0. The minimum absolute atomic E-state index is 0.0217. The van der Waals surface area contributed by atoms with Crippen LogP contribution in [0.4, 0.5) is 5.69 Å². The van der Waals surface area contributed by atoms with Crippen LogP contribution in [0.3, 0.4) is 0 Å². The Balaban J connectivity index is 2.90. The number of nitrogens with one attached hydrogen (secondary N) is 2. The van der Waals surface area contributed by atoms with E-state index in [1.165, 1.54) is 0 Å². The second kappa shape index (κ2) is 5.80. The largest absolute Gasteiger partial charge is 0.395 e. The molecule has 0 saturated carbocycles. The van der Waals surface area contributed by atoms with Crippen molar-refractivity contribution in [3.8, 4) is 0 Å². The maximum atomic E-state index is 11.9. The maximum Gasteiger partial charge on any atom is 0.274 e. The molecular weight excluding hydrogens is 240 g/mol. The number of carbonyl (C=O) groups excluding carboxylic acids is 1. The molecular formula is C10H18N4O4. The topological polar surface area (TPSA) is 144 Å². The van der Waals surface area contributed by atoms with Gasteiger partial charge >= 0.3 is 0 Å². The van der Waals surface area contributed by atoms with E-state index < -0.39 is 31.3 Å². The van der Waals surface area contributed by atoms with Gasteiger partial charge in [-0.3, -0.25) is 9.89 Å². The van der Waals surface area contributed by atoms with Crippen molar-refractivity contribution in [1.29, 1.82) is 0 Å². The molecule has 1 aromatic heterocycles. The molecule has 0 aliphatic rings. The fourth-order valence-corrected chi connectivity index (χ4v) is 1.40. The van der Waals surface area contributed by atoms with Crippen molar-refractivity contribution in [2.75, 3.05) is 25.6 Å². The molecule has 0 aliphatic heterocycles. The van der Waals surface area contributed by atoms with Crippen molar-refractivity contribution >= 4 is 11.6 Å². The van der Waals surface area contributed by atoms with Crippen LogP contribution in [0, 0.1) is 0 Å². The number of hydrogen-bond donors (Lipinski definition) is 6. The molecule has 0 aromatic carbocycles. The summed E-state index contributed by atoms with van der Waals surface area (Å²) in [4.78, 5) is 11.9. The van der Waals surface area contributed by atoms with Crippen molar-refractivity contribution in [1.82, 2.24) is 15.5 Å². The van der Waals surface area contributed by atoms with Crippen LogP contribution in [-0.4, -0.2) is 56.8 Å². The Bertz CT molecular complexity index is 406. The summed E-state index contributed by atoms with van der Waals surface area (Å²) in [5.74, 6) is -0.666. The summed E-state index contributed by atoms with van der Waals surface area (Å²) in [6.07, 6.45) is 0.595. The quantitative estimate of drug-likeness (QED) is 0.348. The molecule has 1 heterocycles. The number of aliphatic hydroxyl groups excluding tert-OH is 3. The lowest BCUT2D eigenvalue weighted by Gasteiger charge is -2.28. The number of anilines is 1. The SMILES string of the molecule is CCc1[nH]nc(C(=O)NC(CO)(CO)CO)c1N. The maximum absolute atomic E-state index is 11.9. The summed E-state index contributed by atoms with van der Waals surface area (Å²) in [7, 11) is 0. The first-order chi connectivity index (χ1) is 8.53. The van der Waals surface area contributed by atoms with Gasteiger partial charge < -0.3 is 26.4 Å². The average Bonchev–Trinajstić information content (AvgIpc) is 2.77. The van der Waals surface area contributed by atoms with Crippen LogP contribution in [-0.2, 0) is 6.42 Å². The van der Waals surface area contributed by atoms with Crippen LogP contribution >= 0.6 is 0 Å². The second-order valence-electron chi connectivity index (χ2n) is 4.03. The van der Waals surface area contributed by atoms with E-state index in [0.717, 1.165) is 0 Å². The summed E-state index contributed by atoms with van der Waals surface area (Å²) in [5.41, 5.74) is 5.05. The first kappa shape index (κ1) is 14.4. The number of aromatic nitrogens is 2. The molecule has 0 saturated heterocycles. The first-order valence-corrected chi connectivity index (χ1v) is 5.51. The zero-order chi connectivity index (χ0) is 13.8. The van der Waals surface area contributed by atoms with Crippen LogP contribution in [0.1, 0.15) is 23.1 Å². The summed E-state index contributed by atoms with van der Waals surface area (Å²) < 4.78 is 0. The highest BCUT2D eigenvalue weighted by atomic mass is 16.3. The number of nitrogens with zero attached hydrogens (tertiary/aromatic N) is 1. The van der Waals surface area contributed by atoms with E-state index in [4.69, 9.17) is 21.1 Å². The molecule has 1 aromatic rings. The molecule has 8 heteroatoms. The minimum Gasteiger partial charge on any atom is -0.395 e. The molecule has 18 heavy (non-hydrogen) atoms. The predicted molar refractivity (Wildman–Crippen MR) is 63.8 cm³/mol. The van der Waals surface area contributed by atoms with E-state index in [1.54, 1.807) is 0 Å². The number of aryl methyl sites for hydroxylation is 1. The number of H-pyrrole nitrogens is 1. The molecule has 1 amide bonds. The van der Waals surface area contributed by atoms with Crippen molar-refractivity contribution in [2.24, 2.45) is 0 Å². The lowest BCUT2D eigenvalue weighted by molar-refractivity contribution is 0.0373. The van der Waals surface area contributed by atoms with Gasteiger partial charge in [0.05, 0.1) is 31.2 Å². The summed E-state index contributed by atoms with van der Waals surface area (Å²) in [6.45, 7) is 0.0507. The molecule has 7 N–H and O–H groups in total. The fraction of sp³-hybridized carbons (Fsp3) is 0.600. The molecule has 0 atom stereocenters. The fourth-order valence-electron chi connectivity index (χ4n) is 1.40. The summed E-state index contributed by atoms with van der Waals surface area (Å²) in [5, 5.41) is 36.0. The van der Waals surface area contributed by atoms with E-state index in [-0.39, 0.29) is 11.4 Å². The van der Waals surface area contributed by atoms with Crippen molar-refractivity contribution in [2.45, 2.75) is 18.9 Å². The van der Waals surface area contributed by atoms with Gasteiger partial charge in [-0.2, -0.15) is 5.10 Å². The highest BCUT2D eigenvalue weighted by Gasteiger charge is 2.31. The van der Waals surface area contributed by atoms with Gasteiger partial charge in [-0.25, -0.2) is 0 Å². The molecule has 0 radical (unpaired) electrons. The van der Waals surface area contributed by atoms with Gasteiger partial charge in [0.15, 0.2) is 5.69 Å². The third-order valence-corrected chi connectivity index (χ3v) is 2.74. The third kappa shape index (κ3) is 2.61. The van der Waals surface area contributed by atoms with Crippen molar-refractivity contribution in [3.05, 3.63) is 11.4 Å². The summed E-state index contributed by atoms with van der Waals surface area (Å²) >= 11 is 0. The monoisotopic (exact) mass is 258 g/mol. The third-order valence-electron chi connectivity index (χ3n) is 2.74. The van der Waals surface area contributed by atoms with Crippen LogP contribution in [0.5, 0.6) is 0 Å². The van der Waals surface area contributed by atoms with Crippen LogP contribution in [0.15, 0.2) is 0 Å². The van der Waals surface area contributed by atoms with E-state index >= 15 is 0 Å². The van der Waals surface area contributed by atoms with E-state index in [9.17, 15) is 4.79 Å². The lowest BCUT2D eigenvalue weighted by Crippen LogP contribution is -2.57. The number of hydrogen-bond acceptors (Lipinski definition) is 6. The van der Waals surface area contributed by atoms with E-state index in [0.29, 0.717) is 12.1 Å². The molecule has 0 aliphatic carbocycles. The molecule has 0 fully saturated rings. The van der Waals surface area contributed by atoms with Crippen molar-refractivity contribution in [3.63, 3.8) is 0 Å². The highest BCUT2D eigenvalue weighted by molar-refractivity contribution is 5.98. The van der Waals surface area contributed by atoms with Gasteiger partial charge in [0.2, 0.25) is 0 Å². The molecule has 0 spiro atoms. The average molecular weight is 258 g/mol. The zero-order valence-corrected chi connectivity index (χ0v) is 10.1. The van der Waals surface area contributed by atoms with Gasteiger partial charge in [-0.05, 0) is 6.42 Å². The Hall–Kier alpha value is -1.64. The number of amides is 1. The highest BCUT2D eigenvalue weighted by Crippen LogP contribution is 2.15. The number of carbonyl (C=O) groups is 1. The normalized spacial score (nSPS) is 11.6. The van der Waals surface area contributed by atoms with Crippen LogP contribution in [0.2, 0.25) is 0 Å². The van der Waals surface area contributed by atoms with E-state index in [1.807, 2.05) is 6.92 Å². The first-order valence-electron chi connectivity index (χ1n) is 5.51. The minimum atomic E-state index is -1.49. The number of nitrogen functional groups attached to an aromatic ring is 1. The Morgan fingerprint density at radius 3 is 2.33 bits per heavy atom. The van der Waals surface area contributed by atoms with Crippen molar-refractivity contribution < 1.29 is 20.1 Å². The smallest absolute Gasteiger partial charge is 0.274 e. The van der Waals surface area contributed by atoms with Crippen LogP contribution < -0.4 is 11.1 Å². The Labute approximate surface area is 104 Å². The second-order valence-corrected chi connectivity index (χ2v) is 4.03. The molecule has 1 rings (SSSR count). The van der Waals surface area contributed by atoms with Gasteiger partial charge in [0.25, 0.3) is 5.91 Å². The number of rotatable bonds is 6. The predicted octanol–water partition coefficient (Wildman–Crippen LogP) is -2.00. The Kier molecular flexibility index (Phi) is 4.65. The molecule has 8 nitrogen and oxygen atoms in total. The standard InChI is InChI=1S/C10H18N4O4/c1-2-6-7(11)8(14-13-6)9(18)12-10(3-15,4-16)5-17/h15-17H,2-5,11H2,1H3,(H,12,18)(H,13,14). The molecule has 0 unspecified atom stereocenters. The van der Waals surface area contributed by atoms with Gasteiger partial charge in [0.1, 0.15) is 5.54 Å². The Morgan fingerprint density at radius 1 is 1.39 bits per heavy atom. The summed E-state index contributed by atoms with van der Waals surface area (Å²) in [6, 6.07) is 0. The molecule has 0 bridgehead atoms. The number of aliphatic hydroxyl groups is 3. The number of aromatic amines is 1. The Morgan fingerprint density at radius 2 is 1.94 bits per heavy atom. The van der Waals surface area contributed by atoms with Crippen LogP contribution in [0.25, 0.3) is 0 Å². The number of nitrogens with two attached hydrogens (primary N) is 1.